The van der Waals surface area contributed by atoms with Gasteiger partial charge in [0.05, 0.1) is 44.6 Å². The molecule has 0 amide bonds. The molecule has 0 aliphatic heterocycles. The highest BCUT2D eigenvalue weighted by Gasteiger charge is 2.19. The highest BCUT2D eigenvalue weighted by atomic mass is 16.4. The average molecular weight is 454 g/mol. The van der Waals surface area contributed by atoms with Crippen molar-refractivity contribution in [2.45, 2.75) is 0 Å². The first kappa shape index (κ1) is 19.4. The lowest BCUT2D eigenvalue weighted by Gasteiger charge is -2.09. The minimum Gasteiger partial charge on any atom is -0.416 e. The summed E-state index contributed by atoms with van der Waals surface area (Å²) in [5.41, 5.74) is 7.38. The summed E-state index contributed by atoms with van der Waals surface area (Å²) in [6.45, 7) is 0. The highest BCUT2D eigenvalue weighted by molar-refractivity contribution is 5.81. The van der Waals surface area contributed by atoms with Crippen molar-refractivity contribution in [2.75, 3.05) is 0 Å². The molecule has 0 aliphatic carbocycles. The molecule has 7 aromatic rings. The van der Waals surface area contributed by atoms with Crippen LogP contribution < -0.4 is 0 Å². The van der Waals surface area contributed by atoms with Gasteiger partial charge in [0, 0.05) is 0 Å². The number of benzene rings is 4. The van der Waals surface area contributed by atoms with Crippen LogP contribution in [0.4, 0.5) is 0 Å². The minimum atomic E-state index is 0.443. The fraction of sp³-hybridized carbons (Fsp3) is 0. The Kier molecular flexibility index (Phi) is 4.32. The van der Waals surface area contributed by atoms with Crippen LogP contribution in [0.1, 0.15) is 0 Å². The third kappa shape index (κ3) is 3.13. The van der Waals surface area contributed by atoms with Gasteiger partial charge >= 0.3 is 0 Å². The lowest BCUT2D eigenvalue weighted by molar-refractivity contribution is 0.584. The predicted molar refractivity (Wildman–Crippen MR) is 134 cm³/mol. The molecule has 0 saturated heterocycles. The van der Waals surface area contributed by atoms with E-state index in [1.165, 1.54) is 0 Å². The van der Waals surface area contributed by atoms with Crippen molar-refractivity contribution in [1.82, 2.24) is 29.3 Å². The van der Waals surface area contributed by atoms with Crippen LogP contribution in [0.3, 0.4) is 0 Å². The number of rotatable bonds is 4. The number of hydrogen-bond acceptors (Lipinski definition) is 5. The Hall–Kier alpha value is -5.04. The molecule has 0 saturated carbocycles. The van der Waals surface area contributed by atoms with E-state index in [0.717, 1.165) is 44.6 Å². The van der Waals surface area contributed by atoms with Gasteiger partial charge < -0.3 is 4.42 Å². The molecule has 0 spiro atoms. The Bertz CT molecular complexity index is 1690. The van der Waals surface area contributed by atoms with E-state index in [1.54, 1.807) is 0 Å². The predicted octanol–water partition coefficient (Wildman–Crippen LogP) is 6.08. The lowest BCUT2D eigenvalue weighted by Crippen LogP contribution is -1.95. The van der Waals surface area contributed by atoms with Gasteiger partial charge in [0.1, 0.15) is 12.7 Å². The second-order valence-electron chi connectivity index (χ2n) is 8.15. The molecule has 7 nitrogen and oxygen atoms in total. The van der Waals surface area contributed by atoms with Gasteiger partial charge in [0.15, 0.2) is 0 Å². The van der Waals surface area contributed by atoms with Crippen molar-refractivity contribution in [3.05, 3.63) is 110 Å². The molecule has 7 heteroatoms. The van der Waals surface area contributed by atoms with E-state index in [2.05, 4.69) is 20.2 Å². The van der Waals surface area contributed by atoms with Crippen LogP contribution in [-0.2, 0) is 0 Å². The van der Waals surface area contributed by atoms with Crippen molar-refractivity contribution in [3.8, 4) is 34.3 Å². The Morgan fingerprint density at radius 3 is 1.43 bits per heavy atom. The molecule has 0 atom stereocenters. The van der Waals surface area contributed by atoms with Crippen LogP contribution in [0.5, 0.6) is 0 Å². The average Bonchev–Trinajstić information content (AvgIpc) is 3.67. The normalized spacial score (nSPS) is 11.4. The van der Waals surface area contributed by atoms with E-state index in [1.807, 2.05) is 119 Å². The summed E-state index contributed by atoms with van der Waals surface area (Å²) in [6, 6.07) is 32.0. The van der Waals surface area contributed by atoms with Crippen LogP contribution in [0.15, 0.2) is 114 Å². The zero-order chi connectivity index (χ0) is 23.2. The number of fused-ring (bicyclic) bond motifs is 2. The molecular formula is C28H18N6O. The molecule has 3 heterocycles. The van der Waals surface area contributed by atoms with Crippen molar-refractivity contribution in [3.63, 3.8) is 0 Å². The quantitative estimate of drug-likeness (QED) is 0.322. The fourth-order valence-corrected chi connectivity index (χ4v) is 4.47. The topological polar surface area (TPSA) is 74.6 Å². The van der Waals surface area contributed by atoms with Gasteiger partial charge in [-0.1, -0.05) is 48.5 Å². The second kappa shape index (κ2) is 7.78. The Labute approximate surface area is 200 Å². The maximum Gasteiger partial charge on any atom is 0.250 e. The molecular weight excluding hydrogens is 436 g/mol. The van der Waals surface area contributed by atoms with Gasteiger partial charge in [0.2, 0.25) is 11.8 Å². The Morgan fingerprint density at radius 2 is 0.914 bits per heavy atom. The third-order valence-corrected chi connectivity index (χ3v) is 6.12. The zero-order valence-corrected chi connectivity index (χ0v) is 18.5. The molecule has 0 bridgehead atoms. The Balaban J connectivity index is 1.35. The number of nitrogens with zero attached hydrogens (tertiary/aromatic N) is 6. The van der Waals surface area contributed by atoms with E-state index in [-0.39, 0.29) is 0 Å². The van der Waals surface area contributed by atoms with Gasteiger partial charge in [-0.15, -0.1) is 10.2 Å². The molecule has 0 N–H and O–H groups in total. The zero-order valence-electron chi connectivity index (χ0n) is 18.5. The van der Waals surface area contributed by atoms with Crippen molar-refractivity contribution >= 4 is 22.1 Å². The number of imidazole rings is 2. The standard InChI is InChI=1S/C28H18N6O/c1-5-13-23(33-17-29-21-11-3-7-15-25(21)33)19(9-1)27-31-32-28(35-27)20-10-2-6-14-24(20)34-18-30-22-12-4-8-16-26(22)34/h1-18H. The van der Waals surface area contributed by atoms with Gasteiger partial charge in [-0.3, -0.25) is 9.13 Å². The highest BCUT2D eigenvalue weighted by Crippen LogP contribution is 2.33. The third-order valence-electron chi connectivity index (χ3n) is 6.12. The van der Waals surface area contributed by atoms with Crippen molar-refractivity contribution in [1.29, 1.82) is 0 Å². The molecule has 166 valence electrons. The molecule has 0 radical (unpaired) electrons. The summed E-state index contributed by atoms with van der Waals surface area (Å²) in [6.07, 6.45) is 3.64. The van der Waals surface area contributed by atoms with E-state index >= 15 is 0 Å². The Morgan fingerprint density at radius 1 is 0.486 bits per heavy atom. The number of hydrogen-bond donors (Lipinski definition) is 0. The van der Waals surface area contributed by atoms with E-state index < -0.39 is 0 Å². The minimum absolute atomic E-state index is 0.443. The molecule has 0 aliphatic rings. The van der Waals surface area contributed by atoms with Crippen LogP contribution in [0.25, 0.3) is 56.3 Å². The van der Waals surface area contributed by atoms with Gasteiger partial charge in [0.25, 0.3) is 0 Å². The second-order valence-corrected chi connectivity index (χ2v) is 8.15. The molecule has 7 rings (SSSR count). The van der Waals surface area contributed by atoms with Crippen LogP contribution in [0, 0.1) is 0 Å². The van der Waals surface area contributed by atoms with E-state index in [9.17, 15) is 0 Å². The summed E-state index contributed by atoms with van der Waals surface area (Å²) in [7, 11) is 0. The molecule has 0 unspecified atom stereocenters. The first-order chi connectivity index (χ1) is 17.4. The molecule has 3 aromatic heterocycles. The van der Waals surface area contributed by atoms with Crippen LogP contribution >= 0.6 is 0 Å². The molecule has 0 fully saturated rings. The fourth-order valence-electron chi connectivity index (χ4n) is 4.47. The maximum absolute atomic E-state index is 6.27. The number of aromatic nitrogens is 6. The number of para-hydroxylation sites is 6. The lowest BCUT2D eigenvalue weighted by atomic mass is 10.1. The molecule has 4 aromatic carbocycles. The summed E-state index contributed by atoms with van der Waals surface area (Å²) < 4.78 is 10.4. The van der Waals surface area contributed by atoms with Crippen molar-refractivity contribution in [2.24, 2.45) is 0 Å². The van der Waals surface area contributed by atoms with Crippen LogP contribution in [0.2, 0.25) is 0 Å². The largest absolute Gasteiger partial charge is 0.416 e. The van der Waals surface area contributed by atoms with Gasteiger partial charge in [-0.25, -0.2) is 9.97 Å². The van der Waals surface area contributed by atoms with Crippen molar-refractivity contribution < 1.29 is 4.42 Å². The maximum atomic E-state index is 6.27. The summed E-state index contributed by atoms with van der Waals surface area (Å²) in [4.78, 5) is 9.07. The molecule has 35 heavy (non-hydrogen) atoms. The first-order valence-corrected chi connectivity index (χ1v) is 11.2. The van der Waals surface area contributed by atoms with E-state index in [0.29, 0.717) is 11.8 Å². The van der Waals surface area contributed by atoms with Crippen LogP contribution in [-0.4, -0.2) is 29.3 Å². The summed E-state index contributed by atoms with van der Waals surface area (Å²) in [5.74, 6) is 0.886. The first-order valence-electron chi connectivity index (χ1n) is 11.2. The monoisotopic (exact) mass is 454 g/mol. The van der Waals surface area contributed by atoms with Gasteiger partial charge in [-0.05, 0) is 48.5 Å². The smallest absolute Gasteiger partial charge is 0.250 e. The SMILES string of the molecule is c1ccc(-n2cnc3ccccc32)c(-c2nnc(-c3ccccc3-n3cnc4ccccc43)o2)c1. The summed E-state index contributed by atoms with van der Waals surface area (Å²) >= 11 is 0. The summed E-state index contributed by atoms with van der Waals surface area (Å²) in [5, 5.41) is 8.85. The van der Waals surface area contributed by atoms with E-state index in [4.69, 9.17) is 4.42 Å². The van der Waals surface area contributed by atoms with Gasteiger partial charge in [-0.2, -0.15) is 0 Å².